The normalized spacial score (nSPS) is 10.7. The Morgan fingerprint density at radius 2 is 1.00 bits per heavy atom. The van der Waals surface area contributed by atoms with Gasteiger partial charge in [-0.25, -0.2) is 0 Å². The van der Waals surface area contributed by atoms with Crippen molar-refractivity contribution in [3.63, 3.8) is 0 Å². The van der Waals surface area contributed by atoms with Gasteiger partial charge in [0.15, 0.2) is 0 Å². The Kier molecular flexibility index (Phi) is 6.66. The van der Waals surface area contributed by atoms with E-state index in [4.69, 9.17) is 18.9 Å². The largest absolute Gasteiger partial charge is 0.496 e. The summed E-state index contributed by atoms with van der Waals surface area (Å²) in [6.07, 6.45) is 0. The van der Waals surface area contributed by atoms with E-state index in [0.29, 0.717) is 0 Å². The van der Waals surface area contributed by atoms with Gasteiger partial charge in [0, 0.05) is 7.92 Å². The summed E-state index contributed by atoms with van der Waals surface area (Å²) in [4.78, 5) is 0. The van der Waals surface area contributed by atoms with E-state index in [-0.39, 0.29) is 0 Å². The molecule has 0 saturated heterocycles. The topological polar surface area (TPSA) is 36.9 Å². The van der Waals surface area contributed by atoms with Gasteiger partial charge >= 0.3 is 0 Å². The zero-order valence-electron chi connectivity index (χ0n) is 17.8. The molecule has 0 aliphatic heterocycles. The third-order valence-electron chi connectivity index (χ3n) is 4.84. The maximum atomic E-state index is 5.78. The molecule has 3 rings (SSSR count). The summed E-state index contributed by atoms with van der Waals surface area (Å²) < 4.78 is 23.1. The first-order chi connectivity index (χ1) is 14.0. The molecule has 29 heavy (non-hydrogen) atoms. The van der Waals surface area contributed by atoms with Crippen molar-refractivity contribution in [2.75, 3.05) is 28.4 Å². The average Bonchev–Trinajstić information content (AvgIpc) is 2.75. The molecule has 0 saturated carbocycles. The van der Waals surface area contributed by atoms with Crippen LogP contribution in [0, 0.1) is 13.8 Å². The fourth-order valence-corrected chi connectivity index (χ4v) is 6.40. The predicted molar refractivity (Wildman–Crippen MR) is 121 cm³/mol. The summed E-state index contributed by atoms with van der Waals surface area (Å²) in [6.45, 7) is 4.24. The Labute approximate surface area is 174 Å². The molecule has 0 aliphatic carbocycles. The number of hydrogen-bond donors (Lipinski definition) is 0. The van der Waals surface area contributed by atoms with E-state index >= 15 is 0 Å². The number of benzene rings is 3. The Balaban J connectivity index is 2.44. The van der Waals surface area contributed by atoms with Crippen molar-refractivity contribution in [3.05, 3.63) is 65.7 Å². The Hall–Kier alpha value is -2.71. The van der Waals surface area contributed by atoms with E-state index in [1.54, 1.807) is 28.4 Å². The van der Waals surface area contributed by atoms with Crippen LogP contribution in [0.5, 0.6) is 23.0 Å². The molecule has 0 heterocycles. The Bertz CT molecular complexity index is 900. The van der Waals surface area contributed by atoms with Crippen molar-refractivity contribution in [1.82, 2.24) is 0 Å². The van der Waals surface area contributed by atoms with Crippen LogP contribution >= 0.6 is 7.92 Å². The van der Waals surface area contributed by atoms with Crippen molar-refractivity contribution < 1.29 is 18.9 Å². The van der Waals surface area contributed by atoms with Crippen molar-refractivity contribution in [1.29, 1.82) is 0 Å². The van der Waals surface area contributed by atoms with Gasteiger partial charge in [-0.15, -0.1) is 0 Å². The van der Waals surface area contributed by atoms with E-state index < -0.39 is 7.92 Å². The quantitative estimate of drug-likeness (QED) is 0.550. The van der Waals surface area contributed by atoms with Gasteiger partial charge in [0.1, 0.15) is 23.0 Å². The summed E-state index contributed by atoms with van der Waals surface area (Å²) in [5.74, 6) is 3.12. The van der Waals surface area contributed by atoms with Crippen LogP contribution in [0.25, 0.3) is 0 Å². The number of rotatable bonds is 7. The van der Waals surface area contributed by atoms with Gasteiger partial charge in [0.2, 0.25) is 0 Å². The number of aryl methyl sites for hydroxylation is 2. The highest BCUT2D eigenvalue weighted by atomic mass is 31.1. The molecule has 0 unspecified atom stereocenters. The maximum absolute atomic E-state index is 5.78. The minimum Gasteiger partial charge on any atom is -0.496 e. The van der Waals surface area contributed by atoms with E-state index in [1.807, 2.05) is 36.4 Å². The first kappa shape index (κ1) is 21.0. The monoisotopic (exact) mass is 410 g/mol. The molecule has 0 aliphatic rings. The molecule has 4 nitrogen and oxygen atoms in total. The van der Waals surface area contributed by atoms with Gasteiger partial charge in [-0.05, 0) is 49.0 Å². The molecular weight excluding hydrogens is 383 g/mol. The second-order valence-electron chi connectivity index (χ2n) is 6.65. The minimum atomic E-state index is -1.09. The summed E-state index contributed by atoms with van der Waals surface area (Å²) in [5.41, 5.74) is 2.43. The van der Waals surface area contributed by atoms with Crippen LogP contribution in [-0.4, -0.2) is 28.4 Å². The van der Waals surface area contributed by atoms with Crippen molar-refractivity contribution in [3.8, 4) is 23.0 Å². The summed E-state index contributed by atoms with van der Waals surface area (Å²) in [7, 11) is 5.67. The SMILES string of the molecule is COc1cccc(OC)c1P(c1ccc(C)cc1C)c1c(OC)cccc1OC. The number of ether oxygens (including phenoxy) is 4. The number of hydrogen-bond acceptors (Lipinski definition) is 4. The zero-order chi connectivity index (χ0) is 21.0. The van der Waals surface area contributed by atoms with Crippen LogP contribution in [0.4, 0.5) is 0 Å². The number of methoxy groups -OCH3 is 4. The summed E-state index contributed by atoms with van der Waals surface area (Å²) >= 11 is 0. The highest BCUT2D eigenvalue weighted by molar-refractivity contribution is 7.80. The lowest BCUT2D eigenvalue weighted by Gasteiger charge is -2.27. The van der Waals surface area contributed by atoms with E-state index in [1.165, 1.54) is 16.4 Å². The molecule has 0 spiro atoms. The van der Waals surface area contributed by atoms with Gasteiger partial charge in [-0.2, -0.15) is 0 Å². The summed E-state index contributed by atoms with van der Waals surface area (Å²) in [6, 6.07) is 18.3. The third-order valence-corrected chi connectivity index (χ3v) is 7.60. The lowest BCUT2D eigenvalue weighted by atomic mass is 10.2. The van der Waals surface area contributed by atoms with Crippen LogP contribution < -0.4 is 34.9 Å². The Morgan fingerprint density at radius 3 is 1.34 bits per heavy atom. The highest BCUT2D eigenvalue weighted by Gasteiger charge is 2.30. The van der Waals surface area contributed by atoms with E-state index in [9.17, 15) is 0 Å². The Morgan fingerprint density at radius 1 is 0.586 bits per heavy atom. The third kappa shape index (κ3) is 4.04. The average molecular weight is 410 g/mol. The van der Waals surface area contributed by atoms with Crippen LogP contribution in [0.1, 0.15) is 11.1 Å². The first-order valence-corrected chi connectivity index (χ1v) is 10.7. The predicted octanol–water partition coefficient (Wildman–Crippen LogP) is 4.10. The van der Waals surface area contributed by atoms with Gasteiger partial charge in [0.05, 0.1) is 39.0 Å². The fraction of sp³-hybridized carbons (Fsp3) is 0.250. The van der Waals surface area contributed by atoms with Crippen LogP contribution in [0.15, 0.2) is 54.6 Å². The molecule has 3 aromatic rings. The van der Waals surface area contributed by atoms with Crippen molar-refractivity contribution in [2.45, 2.75) is 13.8 Å². The fourth-order valence-electron chi connectivity index (χ4n) is 3.51. The standard InChI is InChI=1S/C24H27O4P/c1-16-13-14-22(17(2)15-16)29(23-18(25-3)9-7-10-19(23)26-4)24-20(27-5)11-8-12-21(24)28-6/h7-15H,1-6H3. The van der Waals surface area contributed by atoms with Gasteiger partial charge in [0.25, 0.3) is 0 Å². The molecule has 0 atom stereocenters. The molecule has 5 heteroatoms. The van der Waals surface area contributed by atoms with Crippen LogP contribution in [0.3, 0.4) is 0 Å². The van der Waals surface area contributed by atoms with Crippen LogP contribution in [0.2, 0.25) is 0 Å². The first-order valence-electron chi connectivity index (χ1n) is 9.35. The minimum absolute atomic E-state index is 0.781. The molecule has 0 amide bonds. The lowest BCUT2D eigenvalue weighted by Crippen LogP contribution is -2.27. The van der Waals surface area contributed by atoms with Crippen LogP contribution in [-0.2, 0) is 0 Å². The van der Waals surface area contributed by atoms with Gasteiger partial charge in [-0.1, -0.05) is 35.9 Å². The maximum Gasteiger partial charge on any atom is 0.130 e. The second-order valence-corrected chi connectivity index (χ2v) is 8.69. The van der Waals surface area contributed by atoms with Crippen molar-refractivity contribution in [2.24, 2.45) is 0 Å². The molecule has 0 fully saturated rings. The second kappa shape index (κ2) is 9.19. The molecule has 0 N–H and O–H groups in total. The molecule has 0 aromatic heterocycles. The van der Waals surface area contributed by atoms with Crippen molar-refractivity contribution >= 4 is 23.8 Å². The molecule has 3 aromatic carbocycles. The summed E-state index contributed by atoms with van der Waals surface area (Å²) in [5, 5.41) is 3.21. The molecule has 0 radical (unpaired) electrons. The highest BCUT2D eigenvalue weighted by Crippen LogP contribution is 2.46. The van der Waals surface area contributed by atoms with Gasteiger partial charge < -0.3 is 18.9 Å². The smallest absolute Gasteiger partial charge is 0.130 e. The molecule has 0 bridgehead atoms. The molecule has 152 valence electrons. The zero-order valence-corrected chi connectivity index (χ0v) is 18.7. The molecular formula is C24H27O4P. The van der Waals surface area contributed by atoms with Gasteiger partial charge in [-0.3, -0.25) is 0 Å². The van der Waals surface area contributed by atoms with E-state index in [2.05, 4.69) is 32.0 Å². The lowest BCUT2D eigenvalue weighted by molar-refractivity contribution is 0.399. The van der Waals surface area contributed by atoms with E-state index in [0.717, 1.165) is 33.6 Å².